The van der Waals surface area contributed by atoms with Crippen molar-refractivity contribution in [3.63, 3.8) is 0 Å². The number of fused-ring (bicyclic) bond motifs is 2. The molecule has 0 saturated carbocycles. The predicted molar refractivity (Wildman–Crippen MR) is 123 cm³/mol. The molecule has 0 fully saturated rings. The zero-order valence-electron chi connectivity index (χ0n) is 17.5. The lowest BCUT2D eigenvalue weighted by Gasteiger charge is -2.08. The summed E-state index contributed by atoms with van der Waals surface area (Å²) in [6, 6.07) is 15.4. The van der Waals surface area contributed by atoms with E-state index in [0.29, 0.717) is 23.4 Å². The van der Waals surface area contributed by atoms with Crippen molar-refractivity contribution in [2.45, 2.75) is 26.4 Å². The topological polar surface area (TPSA) is 82.5 Å². The molecule has 7 nitrogen and oxygen atoms in total. The van der Waals surface area contributed by atoms with Gasteiger partial charge in [0.05, 0.1) is 11.7 Å². The number of amides is 1. The maximum Gasteiger partial charge on any atom is 0.262 e. The third kappa shape index (κ3) is 3.85. The number of hydrogen-bond acceptors (Lipinski definition) is 6. The first-order valence-corrected chi connectivity index (χ1v) is 11.1. The van der Waals surface area contributed by atoms with Gasteiger partial charge >= 0.3 is 0 Å². The molecular formula is C24H21N3O4S. The van der Waals surface area contributed by atoms with Gasteiger partial charge in [-0.3, -0.25) is 14.2 Å². The molecule has 0 radical (unpaired) electrons. The van der Waals surface area contributed by atoms with Crippen LogP contribution in [0.1, 0.15) is 16.9 Å². The largest absolute Gasteiger partial charge is 0.454 e. The summed E-state index contributed by atoms with van der Waals surface area (Å²) in [7, 11) is 0. The number of hydrogen-bond donors (Lipinski definition) is 1. The average molecular weight is 448 g/mol. The summed E-state index contributed by atoms with van der Waals surface area (Å²) in [5.74, 6) is 1.25. The van der Waals surface area contributed by atoms with E-state index in [-0.39, 0.29) is 31.2 Å². The van der Waals surface area contributed by atoms with Crippen LogP contribution in [0.2, 0.25) is 0 Å². The van der Waals surface area contributed by atoms with E-state index in [9.17, 15) is 9.59 Å². The Labute approximate surface area is 188 Å². The van der Waals surface area contributed by atoms with Crippen molar-refractivity contribution < 1.29 is 14.3 Å². The molecule has 8 heteroatoms. The van der Waals surface area contributed by atoms with Gasteiger partial charge in [-0.2, -0.15) is 0 Å². The summed E-state index contributed by atoms with van der Waals surface area (Å²) >= 11 is 1.51. The SMILES string of the molecule is Cc1sc2ncn(CCC(=O)NCc3ccc4c(c3)OCO4)c(=O)c2c1-c1ccccc1. The summed E-state index contributed by atoms with van der Waals surface area (Å²) < 4.78 is 12.2. The molecule has 32 heavy (non-hydrogen) atoms. The predicted octanol–water partition coefficient (Wildman–Crippen LogP) is 3.87. The first-order valence-electron chi connectivity index (χ1n) is 10.3. The highest BCUT2D eigenvalue weighted by Gasteiger charge is 2.17. The van der Waals surface area contributed by atoms with Gasteiger partial charge in [0.1, 0.15) is 4.83 Å². The van der Waals surface area contributed by atoms with Crippen molar-refractivity contribution in [3.05, 3.63) is 75.7 Å². The highest BCUT2D eigenvalue weighted by Crippen LogP contribution is 2.35. The standard InChI is InChI=1S/C24H21N3O4S/c1-15-21(17-5-3-2-4-6-17)22-23(32-15)26-13-27(24(22)29)10-9-20(28)25-12-16-7-8-18-19(11-16)31-14-30-18/h2-8,11,13H,9-10,12,14H2,1H3,(H,25,28). The Kier molecular flexibility index (Phi) is 5.36. The summed E-state index contributed by atoms with van der Waals surface area (Å²) in [6.07, 6.45) is 1.71. The minimum Gasteiger partial charge on any atom is -0.454 e. The summed E-state index contributed by atoms with van der Waals surface area (Å²) in [5.41, 5.74) is 2.71. The lowest BCUT2D eigenvalue weighted by molar-refractivity contribution is -0.121. The maximum atomic E-state index is 13.2. The van der Waals surface area contributed by atoms with Crippen LogP contribution in [0.5, 0.6) is 11.5 Å². The smallest absolute Gasteiger partial charge is 0.262 e. The molecule has 4 aromatic rings. The van der Waals surface area contributed by atoms with Crippen molar-refractivity contribution >= 4 is 27.5 Å². The van der Waals surface area contributed by atoms with Gasteiger partial charge in [-0.15, -0.1) is 11.3 Å². The number of thiophene rings is 1. The third-order valence-corrected chi connectivity index (χ3v) is 6.44. The summed E-state index contributed by atoms with van der Waals surface area (Å²) in [4.78, 5) is 31.8. The molecule has 1 aliphatic heterocycles. The van der Waals surface area contributed by atoms with E-state index >= 15 is 0 Å². The Balaban J connectivity index is 1.30. The van der Waals surface area contributed by atoms with Crippen molar-refractivity contribution in [1.29, 1.82) is 0 Å². The van der Waals surface area contributed by atoms with E-state index in [4.69, 9.17) is 9.47 Å². The second-order valence-electron chi connectivity index (χ2n) is 7.54. The van der Waals surface area contributed by atoms with Crippen LogP contribution >= 0.6 is 11.3 Å². The van der Waals surface area contributed by atoms with Gasteiger partial charge in [0, 0.05) is 30.0 Å². The lowest BCUT2D eigenvalue weighted by atomic mass is 10.0. The molecule has 0 bridgehead atoms. The molecule has 162 valence electrons. The fourth-order valence-electron chi connectivity index (χ4n) is 3.81. The highest BCUT2D eigenvalue weighted by molar-refractivity contribution is 7.19. The monoisotopic (exact) mass is 447 g/mol. The Morgan fingerprint density at radius 1 is 1.16 bits per heavy atom. The molecule has 3 heterocycles. The second kappa shape index (κ2) is 8.47. The van der Waals surface area contributed by atoms with Crippen LogP contribution in [0, 0.1) is 6.92 Å². The number of rotatable bonds is 6. The van der Waals surface area contributed by atoms with Crippen LogP contribution in [-0.4, -0.2) is 22.3 Å². The van der Waals surface area contributed by atoms with Crippen LogP contribution in [0.4, 0.5) is 0 Å². The molecule has 0 saturated heterocycles. The van der Waals surface area contributed by atoms with Crippen LogP contribution in [-0.2, 0) is 17.9 Å². The number of carbonyl (C=O) groups excluding carboxylic acids is 1. The van der Waals surface area contributed by atoms with Crippen molar-refractivity contribution in [2.24, 2.45) is 0 Å². The van der Waals surface area contributed by atoms with Crippen LogP contribution < -0.4 is 20.3 Å². The molecule has 1 amide bonds. The molecular weight excluding hydrogens is 426 g/mol. The van der Waals surface area contributed by atoms with E-state index in [1.165, 1.54) is 22.2 Å². The summed E-state index contributed by atoms with van der Waals surface area (Å²) in [5, 5.41) is 3.50. The Morgan fingerprint density at radius 3 is 2.81 bits per heavy atom. The number of aryl methyl sites for hydroxylation is 2. The van der Waals surface area contributed by atoms with Crippen LogP contribution in [0.3, 0.4) is 0 Å². The zero-order valence-corrected chi connectivity index (χ0v) is 18.3. The number of aromatic nitrogens is 2. The van der Waals surface area contributed by atoms with E-state index in [1.54, 1.807) is 0 Å². The van der Waals surface area contributed by atoms with Crippen LogP contribution in [0.15, 0.2) is 59.7 Å². The quantitative estimate of drug-likeness (QED) is 0.485. The highest BCUT2D eigenvalue weighted by atomic mass is 32.1. The van der Waals surface area contributed by atoms with Gasteiger partial charge in [0.25, 0.3) is 5.56 Å². The number of ether oxygens (including phenoxy) is 2. The van der Waals surface area contributed by atoms with E-state index in [1.807, 2.05) is 55.5 Å². The van der Waals surface area contributed by atoms with Gasteiger partial charge in [-0.25, -0.2) is 4.98 Å². The van der Waals surface area contributed by atoms with E-state index in [0.717, 1.165) is 26.4 Å². The number of nitrogens with zero attached hydrogens (tertiary/aromatic N) is 2. The van der Waals surface area contributed by atoms with Gasteiger partial charge in [0.15, 0.2) is 11.5 Å². The molecule has 2 aromatic heterocycles. The van der Waals surface area contributed by atoms with Crippen molar-refractivity contribution in [1.82, 2.24) is 14.9 Å². The van der Waals surface area contributed by atoms with Crippen molar-refractivity contribution in [2.75, 3.05) is 6.79 Å². The maximum absolute atomic E-state index is 13.2. The molecule has 0 spiro atoms. The van der Waals surface area contributed by atoms with Crippen LogP contribution in [0.25, 0.3) is 21.3 Å². The van der Waals surface area contributed by atoms with Gasteiger partial charge in [-0.05, 0) is 30.2 Å². The Morgan fingerprint density at radius 2 is 1.97 bits per heavy atom. The average Bonchev–Trinajstić information content (AvgIpc) is 3.41. The van der Waals surface area contributed by atoms with Crippen molar-refractivity contribution in [3.8, 4) is 22.6 Å². The number of carbonyl (C=O) groups is 1. The van der Waals surface area contributed by atoms with E-state index in [2.05, 4.69) is 10.3 Å². The normalized spacial score (nSPS) is 12.3. The number of benzene rings is 2. The lowest BCUT2D eigenvalue weighted by Crippen LogP contribution is -2.27. The molecule has 0 aliphatic carbocycles. The molecule has 1 aliphatic rings. The fourth-order valence-corrected chi connectivity index (χ4v) is 4.81. The molecule has 0 unspecified atom stereocenters. The third-order valence-electron chi connectivity index (χ3n) is 5.42. The van der Waals surface area contributed by atoms with Gasteiger partial charge in [0.2, 0.25) is 12.7 Å². The molecule has 5 rings (SSSR count). The Bertz CT molecular complexity index is 1360. The first-order chi connectivity index (χ1) is 15.6. The zero-order chi connectivity index (χ0) is 22.1. The molecule has 2 aromatic carbocycles. The van der Waals surface area contributed by atoms with Gasteiger partial charge < -0.3 is 14.8 Å². The fraction of sp³-hybridized carbons (Fsp3) is 0.208. The molecule has 0 atom stereocenters. The summed E-state index contributed by atoms with van der Waals surface area (Å²) in [6.45, 7) is 2.86. The second-order valence-corrected chi connectivity index (χ2v) is 8.74. The molecule has 1 N–H and O–H groups in total. The van der Waals surface area contributed by atoms with E-state index < -0.39 is 0 Å². The first kappa shape index (κ1) is 20.3. The number of nitrogens with one attached hydrogen (secondary N) is 1. The Hall–Kier alpha value is -3.65. The van der Waals surface area contributed by atoms with Gasteiger partial charge in [-0.1, -0.05) is 36.4 Å². The minimum absolute atomic E-state index is 0.123. The minimum atomic E-state index is -0.139.